The summed E-state index contributed by atoms with van der Waals surface area (Å²) in [7, 11) is 0. The molecule has 1 aliphatic rings. The number of Topliss-reactive ketones (excluding diaryl/α,β-unsaturated/α-hetero) is 1. The number of rotatable bonds is 4. The van der Waals surface area contributed by atoms with Crippen molar-refractivity contribution in [2.24, 2.45) is 5.92 Å². The number of esters is 1. The molecule has 0 aliphatic carbocycles. The van der Waals surface area contributed by atoms with Gasteiger partial charge < -0.3 is 9.47 Å². The summed E-state index contributed by atoms with van der Waals surface area (Å²) in [5.74, 6) is -0.584. The van der Waals surface area contributed by atoms with E-state index in [4.69, 9.17) is 9.47 Å². The lowest BCUT2D eigenvalue weighted by Crippen LogP contribution is -2.27. The van der Waals surface area contributed by atoms with Crippen molar-refractivity contribution in [1.29, 1.82) is 0 Å². The molecule has 1 atom stereocenters. The molecule has 0 radical (unpaired) electrons. The van der Waals surface area contributed by atoms with Crippen LogP contribution in [0.5, 0.6) is 0 Å². The summed E-state index contributed by atoms with van der Waals surface area (Å²) in [4.78, 5) is 22.5. The number of hydrogen-bond donors (Lipinski definition) is 0. The topological polar surface area (TPSA) is 52.6 Å². The van der Waals surface area contributed by atoms with Gasteiger partial charge in [0.1, 0.15) is 12.2 Å². The second-order valence-electron chi connectivity index (χ2n) is 3.36. The molecule has 0 aromatic heterocycles. The highest BCUT2D eigenvalue weighted by molar-refractivity contribution is 5.96. The molecule has 1 rings (SSSR count). The van der Waals surface area contributed by atoms with E-state index in [-0.39, 0.29) is 18.1 Å². The molecular formula is C10H16O4. The molecular weight excluding hydrogens is 184 g/mol. The number of ether oxygens (including phenoxy) is 2. The van der Waals surface area contributed by atoms with E-state index in [1.807, 2.05) is 0 Å². The molecule has 1 fully saturated rings. The van der Waals surface area contributed by atoms with Crippen molar-refractivity contribution in [2.45, 2.75) is 26.2 Å². The Balaban J connectivity index is 2.29. The molecule has 4 nitrogen and oxygen atoms in total. The van der Waals surface area contributed by atoms with Gasteiger partial charge in [-0.05, 0) is 19.8 Å². The second kappa shape index (κ2) is 5.75. The van der Waals surface area contributed by atoms with Crippen LogP contribution in [-0.2, 0) is 19.1 Å². The van der Waals surface area contributed by atoms with Crippen LogP contribution in [-0.4, -0.2) is 31.6 Å². The first-order valence-corrected chi connectivity index (χ1v) is 5.00. The van der Waals surface area contributed by atoms with Gasteiger partial charge >= 0.3 is 5.97 Å². The van der Waals surface area contributed by atoms with Gasteiger partial charge in [-0.3, -0.25) is 9.59 Å². The molecule has 0 aromatic carbocycles. The first kappa shape index (κ1) is 11.2. The molecule has 0 saturated carbocycles. The normalized spacial score (nSPS) is 21.6. The zero-order chi connectivity index (χ0) is 10.4. The highest BCUT2D eigenvalue weighted by Gasteiger charge is 2.23. The van der Waals surface area contributed by atoms with E-state index < -0.39 is 5.97 Å². The molecule has 0 amide bonds. The van der Waals surface area contributed by atoms with Gasteiger partial charge in [-0.1, -0.05) is 0 Å². The Morgan fingerprint density at radius 3 is 2.86 bits per heavy atom. The lowest BCUT2D eigenvalue weighted by atomic mass is 9.95. The zero-order valence-electron chi connectivity index (χ0n) is 8.45. The number of carbonyl (C=O) groups is 2. The van der Waals surface area contributed by atoms with Gasteiger partial charge in [0.05, 0.1) is 13.2 Å². The minimum Gasteiger partial charge on any atom is -0.466 e. The van der Waals surface area contributed by atoms with Crippen molar-refractivity contribution < 1.29 is 19.1 Å². The van der Waals surface area contributed by atoms with Crippen LogP contribution < -0.4 is 0 Å². The van der Waals surface area contributed by atoms with Crippen LogP contribution in [0.25, 0.3) is 0 Å². The fourth-order valence-corrected chi connectivity index (χ4v) is 1.49. The summed E-state index contributed by atoms with van der Waals surface area (Å²) in [6.45, 7) is 3.24. The van der Waals surface area contributed by atoms with Gasteiger partial charge in [-0.2, -0.15) is 0 Å². The number of hydrogen-bond acceptors (Lipinski definition) is 4. The van der Waals surface area contributed by atoms with Crippen molar-refractivity contribution in [3.8, 4) is 0 Å². The van der Waals surface area contributed by atoms with Crippen LogP contribution in [0, 0.1) is 5.92 Å². The summed E-state index contributed by atoms with van der Waals surface area (Å²) >= 11 is 0. The molecule has 0 N–H and O–H groups in total. The standard InChI is InChI=1S/C10H16O4/c1-2-14-10(12)6-9(11)8-4-3-5-13-7-8/h8H,2-7H2,1H3. The van der Waals surface area contributed by atoms with E-state index in [1.54, 1.807) is 6.92 Å². The van der Waals surface area contributed by atoms with E-state index in [9.17, 15) is 9.59 Å². The van der Waals surface area contributed by atoms with Crippen LogP contribution in [0.1, 0.15) is 26.2 Å². The van der Waals surface area contributed by atoms with E-state index in [0.29, 0.717) is 13.2 Å². The maximum Gasteiger partial charge on any atom is 0.313 e. The Labute approximate surface area is 83.6 Å². The van der Waals surface area contributed by atoms with Crippen LogP contribution in [0.2, 0.25) is 0 Å². The third-order valence-corrected chi connectivity index (χ3v) is 2.24. The van der Waals surface area contributed by atoms with E-state index in [1.165, 1.54) is 0 Å². The van der Waals surface area contributed by atoms with Gasteiger partial charge in [-0.25, -0.2) is 0 Å². The Morgan fingerprint density at radius 1 is 1.50 bits per heavy atom. The Hall–Kier alpha value is -0.900. The Kier molecular flexibility index (Phi) is 4.59. The second-order valence-corrected chi connectivity index (χ2v) is 3.36. The molecule has 80 valence electrons. The molecule has 0 aromatic rings. The first-order chi connectivity index (χ1) is 6.74. The molecule has 1 saturated heterocycles. The third-order valence-electron chi connectivity index (χ3n) is 2.24. The van der Waals surface area contributed by atoms with E-state index in [0.717, 1.165) is 19.4 Å². The fourth-order valence-electron chi connectivity index (χ4n) is 1.49. The van der Waals surface area contributed by atoms with Crippen molar-refractivity contribution in [1.82, 2.24) is 0 Å². The lowest BCUT2D eigenvalue weighted by molar-refractivity contribution is -0.147. The van der Waals surface area contributed by atoms with Crippen molar-refractivity contribution in [3.63, 3.8) is 0 Å². The van der Waals surface area contributed by atoms with Crippen LogP contribution in [0.4, 0.5) is 0 Å². The Bertz CT molecular complexity index is 206. The van der Waals surface area contributed by atoms with Crippen molar-refractivity contribution in [2.75, 3.05) is 19.8 Å². The average molecular weight is 200 g/mol. The van der Waals surface area contributed by atoms with Gasteiger partial charge in [0.15, 0.2) is 0 Å². The molecule has 0 bridgehead atoms. The predicted octanol–water partition coefficient (Wildman–Crippen LogP) is 0.935. The van der Waals surface area contributed by atoms with Gasteiger partial charge in [0, 0.05) is 12.5 Å². The lowest BCUT2D eigenvalue weighted by Gasteiger charge is -2.20. The minimum atomic E-state index is -0.428. The number of carbonyl (C=O) groups excluding carboxylic acids is 2. The van der Waals surface area contributed by atoms with Gasteiger partial charge in [0.25, 0.3) is 0 Å². The van der Waals surface area contributed by atoms with Crippen molar-refractivity contribution in [3.05, 3.63) is 0 Å². The summed E-state index contributed by atoms with van der Waals surface area (Å²) < 4.78 is 9.87. The SMILES string of the molecule is CCOC(=O)CC(=O)C1CCCOC1. The minimum absolute atomic E-state index is 0.0526. The maximum atomic E-state index is 11.5. The summed E-state index contributed by atoms with van der Waals surface area (Å²) in [5.41, 5.74) is 0. The predicted molar refractivity (Wildman–Crippen MR) is 49.8 cm³/mol. The first-order valence-electron chi connectivity index (χ1n) is 5.00. The van der Waals surface area contributed by atoms with Crippen LogP contribution >= 0.6 is 0 Å². The summed E-state index contributed by atoms with van der Waals surface area (Å²) in [6, 6.07) is 0. The average Bonchev–Trinajstić information content (AvgIpc) is 2.19. The monoisotopic (exact) mass is 200 g/mol. The molecule has 1 unspecified atom stereocenters. The number of ketones is 1. The fraction of sp³-hybridized carbons (Fsp3) is 0.800. The zero-order valence-corrected chi connectivity index (χ0v) is 8.45. The smallest absolute Gasteiger partial charge is 0.313 e. The van der Waals surface area contributed by atoms with Crippen LogP contribution in [0.15, 0.2) is 0 Å². The third kappa shape index (κ3) is 3.46. The molecule has 1 heterocycles. The maximum absolute atomic E-state index is 11.5. The Morgan fingerprint density at radius 2 is 2.29 bits per heavy atom. The highest BCUT2D eigenvalue weighted by Crippen LogP contribution is 2.16. The molecule has 1 aliphatic heterocycles. The molecule has 0 spiro atoms. The highest BCUT2D eigenvalue weighted by atomic mass is 16.5. The summed E-state index contributed by atoms with van der Waals surface area (Å²) in [5, 5.41) is 0. The van der Waals surface area contributed by atoms with Gasteiger partial charge in [0.2, 0.25) is 0 Å². The largest absolute Gasteiger partial charge is 0.466 e. The van der Waals surface area contributed by atoms with Crippen LogP contribution in [0.3, 0.4) is 0 Å². The van der Waals surface area contributed by atoms with E-state index >= 15 is 0 Å². The van der Waals surface area contributed by atoms with E-state index in [2.05, 4.69) is 0 Å². The quantitative estimate of drug-likeness (QED) is 0.500. The summed E-state index contributed by atoms with van der Waals surface area (Å²) in [6.07, 6.45) is 1.62. The van der Waals surface area contributed by atoms with Gasteiger partial charge in [-0.15, -0.1) is 0 Å². The molecule has 4 heteroatoms. The molecule has 14 heavy (non-hydrogen) atoms. The van der Waals surface area contributed by atoms with Crippen molar-refractivity contribution >= 4 is 11.8 Å².